The van der Waals surface area contributed by atoms with Crippen LogP contribution in [0.5, 0.6) is 0 Å². The lowest BCUT2D eigenvalue weighted by molar-refractivity contribution is 0.102. The highest BCUT2D eigenvalue weighted by atomic mass is 16.5. The van der Waals surface area contributed by atoms with Gasteiger partial charge in [-0.2, -0.15) is 0 Å². The van der Waals surface area contributed by atoms with Gasteiger partial charge in [-0.25, -0.2) is 0 Å². The van der Waals surface area contributed by atoms with Gasteiger partial charge in [0, 0.05) is 25.6 Å². The normalized spacial score (nSPS) is 14.9. The van der Waals surface area contributed by atoms with Gasteiger partial charge in [-0.05, 0) is 30.9 Å². The molecule has 1 rings (SSSR count). The van der Waals surface area contributed by atoms with Crippen LogP contribution >= 0.6 is 0 Å². The molecule has 2 unspecified atom stereocenters. The molecule has 3 heteroatoms. The van der Waals surface area contributed by atoms with Crippen molar-refractivity contribution in [2.24, 2.45) is 5.92 Å². The Kier molecular flexibility index (Phi) is 4.72. The van der Waals surface area contributed by atoms with Crippen LogP contribution < -0.4 is 0 Å². The second-order valence-corrected chi connectivity index (χ2v) is 4.04. The molecule has 0 spiro atoms. The molecule has 1 aromatic rings. The standard InChI is InChI=1S/C12H19NO2/c1-9(8-15-3)6-12(14)11-5-4-10(2)13-7-11/h4-5,7,9,12,14H,6,8H2,1-3H3. The molecule has 0 aliphatic rings. The number of hydrogen-bond donors (Lipinski definition) is 1. The average Bonchev–Trinajstić information content (AvgIpc) is 2.18. The van der Waals surface area contributed by atoms with E-state index in [2.05, 4.69) is 11.9 Å². The molecule has 84 valence electrons. The Hall–Kier alpha value is -0.930. The summed E-state index contributed by atoms with van der Waals surface area (Å²) in [6, 6.07) is 3.84. The van der Waals surface area contributed by atoms with Gasteiger partial charge in [0.05, 0.1) is 6.10 Å². The number of pyridine rings is 1. The average molecular weight is 209 g/mol. The highest BCUT2D eigenvalue weighted by Gasteiger charge is 2.12. The van der Waals surface area contributed by atoms with Crippen molar-refractivity contribution in [2.75, 3.05) is 13.7 Å². The molecule has 0 fully saturated rings. The van der Waals surface area contributed by atoms with E-state index < -0.39 is 6.10 Å². The van der Waals surface area contributed by atoms with Crippen LogP contribution in [0.2, 0.25) is 0 Å². The fourth-order valence-corrected chi connectivity index (χ4v) is 1.55. The molecular formula is C12H19NO2. The number of aliphatic hydroxyl groups is 1. The minimum Gasteiger partial charge on any atom is -0.388 e. The van der Waals surface area contributed by atoms with Gasteiger partial charge in [-0.15, -0.1) is 0 Å². The van der Waals surface area contributed by atoms with E-state index in [-0.39, 0.29) is 0 Å². The molecule has 0 bridgehead atoms. The van der Waals surface area contributed by atoms with E-state index in [1.807, 2.05) is 19.1 Å². The summed E-state index contributed by atoms with van der Waals surface area (Å²) in [6.45, 7) is 4.67. The summed E-state index contributed by atoms with van der Waals surface area (Å²) in [7, 11) is 1.68. The van der Waals surface area contributed by atoms with E-state index in [0.717, 1.165) is 11.3 Å². The van der Waals surface area contributed by atoms with Crippen molar-refractivity contribution >= 4 is 0 Å². The number of aryl methyl sites for hydroxylation is 1. The van der Waals surface area contributed by atoms with Crippen molar-refractivity contribution in [1.82, 2.24) is 4.98 Å². The predicted molar refractivity (Wildman–Crippen MR) is 59.6 cm³/mol. The zero-order valence-electron chi connectivity index (χ0n) is 9.60. The van der Waals surface area contributed by atoms with Crippen molar-refractivity contribution in [3.63, 3.8) is 0 Å². The molecular weight excluding hydrogens is 190 g/mol. The molecule has 0 radical (unpaired) electrons. The Bertz CT molecular complexity index is 284. The van der Waals surface area contributed by atoms with Gasteiger partial charge in [-0.1, -0.05) is 13.0 Å². The third-order valence-corrected chi connectivity index (χ3v) is 2.40. The van der Waals surface area contributed by atoms with Crippen molar-refractivity contribution in [3.05, 3.63) is 29.6 Å². The number of aromatic nitrogens is 1. The lowest BCUT2D eigenvalue weighted by Gasteiger charge is -2.15. The summed E-state index contributed by atoms with van der Waals surface area (Å²) in [5, 5.41) is 9.91. The minimum absolute atomic E-state index is 0.353. The van der Waals surface area contributed by atoms with Gasteiger partial charge in [0.1, 0.15) is 0 Å². The van der Waals surface area contributed by atoms with Crippen LogP contribution in [0.3, 0.4) is 0 Å². The summed E-state index contributed by atoms with van der Waals surface area (Å²) < 4.78 is 5.03. The quantitative estimate of drug-likeness (QED) is 0.807. The summed E-state index contributed by atoms with van der Waals surface area (Å²) in [4.78, 5) is 4.16. The fourth-order valence-electron chi connectivity index (χ4n) is 1.55. The molecule has 1 aromatic heterocycles. The monoisotopic (exact) mass is 209 g/mol. The smallest absolute Gasteiger partial charge is 0.0808 e. The Morgan fingerprint density at radius 2 is 2.20 bits per heavy atom. The van der Waals surface area contributed by atoms with Crippen molar-refractivity contribution in [2.45, 2.75) is 26.4 Å². The summed E-state index contributed by atoms with van der Waals surface area (Å²) >= 11 is 0. The first kappa shape index (κ1) is 12.1. The van der Waals surface area contributed by atoms with E-state index in [0.29, 0.717) is 18.9 Å². The van der Waals surface area contributed by atoms with Crippen molar-refractivity contribution in [3.8, 4) is 0 Å². The molecule has 0 amide bonds. The maximum absolute atomic E-state index is 9.91. The Balaban J connectivity index is 2.53. The molecule has 0 aliphatic heterocycles. The molecule has 0 saturated carbocycles. The largest absolute Gasteiger partial charge is 0.388 e. The SMILES string of the molecule is COCC(C)CC(O)c1ccc(C)nc1. The van der Waals surface area contributed by atoms with Crippen molar-refractivity contribution in [1.29, 1.82) is 0 Å². The highest BCUT2D eigenvalue weighted by molar-refractivity contribution is 5.15. The molecule has 1 N–H and O–H groups in total. The molecule has 0 aromatic carbocycles. The minimum atomic E-state index is -0.441. The lowest BCUT2D eigenvalue weighted by atomic mass is 10.00. The van der Waals surface area contributed by atoms with Gasteiger partial charge in [0.15, 0.2) is 0 Å². The number of methoxy groups -OCH3 is 1. The van der Waals surface area contributed by atoms with Crippen LogP contribution in [0.15, 0.2) is 18.3 Å². The number of ether oxygens (including phenoxy) is 1. The van der Waals surface area contributed by atoms with Crippen LogP contribution in [0.25, 0.3) is 0 Å². The maximum Gasteiger partial charge on any atom is 0.0808 e. The van der Waals surface area contributed by atoms with Gasteiger partial charge < -0.3 is 9.84 Å². The first-order chi connectivity index (χ1) is 7.13. The van der Waals surface area contributed by atoms with Crippen LogP contribution in [-0.4, -0.2) is 23.8 Å². The first-order valence-electron chi connectivity index (χ1n) is 5.23. The van der Waals surface area contributed by atoms with Crippen LogP contribution in [0.1, 0.15) is 30.7 Å². The van der Waals surface area contributed by atoms with Crippen molar-refractivity contribution < 1.29 is 9.84 Å². The summed E-state index contributed by atoms with van der Waals surface area (Å²) in [6.07, 6.45) is 2.00. The third kappa shape index (κ3) is 3.98. The first-order valence-corrected chi connectivity index (χ1v) is 5.23. The predicted octanol–water partition coefficient (Wildman–Crippen LogP) is 2.10. The topological polar surface area (TPSA) is 42.4 Å². The second kappa shape index (κ2) is 5.83. The second-order valence-electron chi connectivity index (χ2n) is 4.04. The number of hydrogen-bond acceptors (Lipinski definition) is 3. The van der Waals surface area contributed by atoms with Gasteiger partial charge in [0.2, 0.25) is 0 Å². The Morgan fingerprint density at radius 3 is 2.73 bits per heavy atom. The van der Waals surface area contributed by atoms with E-state index in [1.165, 1.54) is 0 Å². The van der Waals surface area contributed by atoms with Crippen LogP contribution in [-0.2, 0) is 4.74 Å². The fraction of sp³-hybridized carbons (Fsp3) is 0.583. The van der Waals surface area contributed by atoms with Gasteiger partial charge in [-0.3, -0.25) is 4.98 Å². The molecule has 0 aliphatic carbocycles. The molecule has 3 nitrogen and oxygen atoms in total. The van der Waals surface area contributed by atoms with Crippen LogP contribution in [0.4, 0.5) is 0 Å². The summed E-state index contributed by atoms with van der Waals surface area (Å²) in [5.41, 5.74) is 1.85. The Labute approximate surface area is 91.1 Å². The lowest BCUT2D eigenvalue weighted by Crippen LogP contribution is -2.09. The zero-order valence-corrected chi connectivity index (χ0v) is 9.60. The third-order valence-electron chi connectivity index (χ3n) is 2.40. The Morgan fingerprint density at radius 1 is 1.47 bits per heavy atom. The van der Waals surface area contributed by atoms with E-state index in [1.54, 1.807) is 13.3 Å². The maximum atomic E-state index is 9.91. The summed E-state index contributed by atoms with van der Waals surface area (Å²) in [5.74, 6) is 0.353. The zero-order chi connectivity index (χ0) is 11.3. The molecule has 15 heavy (non-hydrogen) atoms. The van der Waals surface area contributed by atoms with E-state index in [9.17, 15) is 5.11 Å². The van der Waals surface area contributed by atoms with E-state index >= 15 is 0 Å². The van der Waals surface area contributed by atoms with E-state index in [4.69, 9.17) is 4.74 Å². The highest BCUT2D eigenvalue weighted by Crippen LogP contribution is 2.20. The number of nitrogens with zero attached hydrogens (tertiary/aromatic N) is 1. The number of rotatable bonds is 5. The molecule has 1 heterocycles. The van der Waals surface area contributed by atoms with Crippen LogP contribution in [0, 0.1) is 12.8 Å². The number of aliphatic hydroxyl groups excluding tert-OH is 1. The molecule has 0 saturated heterocycles. The van der Waals surface area contributed by atoms with Gasteiger partial charge in [0.25, 0.3) is 0 Å². The van der Waals surface area contributed by atoms with Gasteiger partial charge >= 0.3 is 0 Å². The molecule has 2 atom stereocenters.